The standard InChI is InChI=1S/C12H22N2O2/c1-5-13-7-6-11-14-9-10(16-11)8-12(2,3)15-4/h9,13H,5-8H2,1-4H3. The van der Waals surface area contributed by atoms with Crippen molar-refractivity contribution in [1.82, 2.24) is 10.3 Å². The van der Waals surface area contributed by atoms with E-state index < -0.39 is 0 Å². The number of nitrogens with one attached hydrogen (secondary N) is 1. The van der Waals surface area contributed by atoms with Crippen molar-refractivity contribution in [2.45, 2.75) is 39.2 Å². The second kappa shape index (κ2) is 6.01. The van der Waals surface area contributed by atoms with E-state index in [0.717, 1.165) is 37.6 Å². The van der Waals surface area contributed by atoms with Gasteiger partial charge >= 0.3 is 0 Å². The van der Waals surface area contributed by atoms with Gasteiger partial charge in [0.2, 0.25) is 0 Å². The Hall–Kier alpha value is -0.870. The number of hydrogen-bond acceptors (Lipinski definition) is 4. The fourth-order valence-electron chi connectivity index (χ4n) is 1.41. The van der Waals surface area contributed by atoms with Gasteiger partial charge in [-0.3, -0.25) is 0 Å². The summed E-state index contributed by atoms with van der Waals surface area (Å²) in [6.07, 6.45) is 3.38. The lowest BCUT2D eigenvalue weighted by molar-refractivity contribution is 0.0190. The Morgan fingerprint density at radius 2 is 2.25 bits per heavy atom. The minimum absolute atomic E-state index is 0.196. The fraction of sp³-hybridized carbons (Fsp3) is 0.750. The molecule has 0 bridgehead atoms. The zero-order valence-corrected chi connectivity index (χ0v) is 10.7. The summed E-state index contributed by atoms with van der Waals surface area (Å²) in [5.41, 5.74) is -0.196. The van der Waals surface area contributed by atoms with Crippen LogP contribution >= 0.6 is 0 Å². The third kappa shape index (κ3) is 4.33. The van der Waals surface area contributed by atoms with E-state index in [-0.39, 0.29) is 5.60 Å². The number of aromatic nitrogens is 1. The van der Waals surface area contributed by atoms with Gasteiger partial charge in [0, 0.05) is 26.5 Å². The van der Waals surface area contributed by atoms with Crippen molar-refractivity contribution in [3.8, 4) is 0 Å². The minimum Gasteiger partial charge on any atom is -0.446 e. The SMILES string of the molecule is CCNCCc1ncc(CC(C)(C)OC)o1. The third-order valence-electron chi connectivity index (χ3n) is 2.52. The van der Waals surface area contributed by atoms with Gasteiger partial charge in [0.25, 0.3) is 0 Å². The van der Waals surface area contributed by atoms with Crippen LogP contribution in [0.2, 0.25) is 0 Å². The van der Waals surface area contributed by atoms with Crippen LogP contribution in [0.5, 0.6) is 0 Å². The first-order chi connectivity index (χ1) is 7.57. The largest absolute Gasteiger partial charge is 0.446 e. The molecule has 16 heavy (non-hydrogen) atoms. The van der Waals surface area contributed by atoms with Crippen molar-refractivity contribution >= 4 is 0 Å². The predicted octanol–water partition coefficient (Wildman–Crippen LogP) is 1.79. The molecular weight excluding hydrogens is 204 g/mol. The average Bonchev–Trinajstić information content (AvgIpc) is 2.65. The molecule has 92 valence electrons. The molecular formula is C12H22N2O2. The molecule has 0 aliphatic rings. The molecule has 1 heterocycles. The zero-order chi connectivity index (χ0) is 12.0. The Bertz CT molecular complexity index is 308. The maximum absolute atomic E-state index is 5.64. The fourth-order valence-corrected chi connectivity index (χ4v) is 1.41. The lowest BCUT2D eigenvalue weighted by Gasteiger charge is -2.20. The molecule has 1 aromatic heterocycles. The zero-order valence-electron chi connectivity index (χ0n) is 10.7. The van der Waals surface area contributed by atoms with Gasteiger partial charge in [0.15, 0.2) is 5.89 Å². The molecule has 4 nitrogen and oxygen atoms in total. The molecule has 1 rings (SSSR count). The second-order valence-corrected chi connectivity index (χ2v) is 4.46. The summed E-state index contributed by atoms with van der Waals surface area (Å²) in [4.78, 5) is 4.24. The number of oxazole rings is 1. The van der Waals surface area contributed by atoms with Gasteiger partial charge in [-0.15, -0.1) is 0 Å². The Kier molecular flexibility index (Phi) is 4.96. The number of methoxy groups -OCH3 is 1. The number of hydrogen-bond donors (Lipinski definition) is 1. The van der Waals surface area contributed by atoms with Gasteiger partial charge in [-0.05, 0) is 20.4 Å². The van der Waals surface area contributed by atoms with Crippen molar-refractivity contribution in [3.63, 3.8) is 0 Å². The van der Waals surface area contributed by atoms with Gasteiger partial charge in [-0.25, -0.2) is 4.98 Å². The maximum atomic E-state index is 5.64. The first-order valence-electron chi connectivity index (χ1n) is 5.77. The molecule has 1 N–H and O–H groups in total. The van der Waals surface area contributed by atoms with Crippen molar-refractivity contribution in [1.29, 1.82) is 0 Å². The molecule has 0 atom stereocenters. The first kappa shape index (κ1) is 13.2. The van der Waals surface area contributed by atoms with Crippen LogP contribution in [0.25, 0.3) is 0 Å². The van der Waals surface area contributed by atoms with E-state index in [4.69, 9.17) is 9.15 Å². The van der Waals surface area contributed by atoms with E-state index in [1.165, 1.54) is 0 Å². The van der Waals surface area contributed by atoms with Gasteiger partial charge < -0.3 is 14.5 Å². The normalized spacial score (nSPS) is 12.0. The molecule has 0 saturated heterocycles. The summed E-state index contributed by atoms with van der Waals surface area (Å²) in [6.45, 7) is 8.04. The number of rotatable bonds is 7. The minimum atomic E-state index is -0.196. The van der Waals surface area contributed by atoms with Crippen LogP contribution in [0.3, 0.4) is 0 Å². The van der Waals surface area contributed by atoms with Crippen LogP contribution in [0.15, 0.2) is 10.6 Å². The summed E-state index contributed by atoms with van der Waals surface area (Å²) in [6, 6.07) is 0. The van der Waals surface area contributed by atoms with E-state index >= 15 is 0 Å². The molecule has 0 radical (unpaired) electrons. The van der Waals surface area contributed by atoms with E-state index in [1.807, 2.05) is 13.8 Å². The Morgan fingerprint density at radius 3 is 2.88 bits per heavy atom. The van der Waals surface area contributed by atoms with Gasteiger partial charge in [-0.1, -0.05) is 6.92 Å². The van der Waals surface area contributed by atoms with Gasteiger partial charge in [0.05, 0.1) is 11.8 Å². The highest BCUT2D eigenvalue weighted by Crippen LogP contribution is 2.16. The van der Waals surface area contributed by atoms with Crippen LogP contribution in [0, 0.1) is 0 Å². The van der Waals surface area contributed by atoms with Crippen LogP contribution in [0.1, 0.15) is 32.4 Å². The molecule has 0 fully saturated rings. The predicted molar refractivity (Wildman–Crippen MR) is 63.5 cm³/mol. The smallest absolute Gasteiger partial charge is 0.195 e. The molecule has 0 spiro atoms. The summed E-state index contributed by atoms with van der Waals surface area (Å²) in [5, 5.41) is 3.24. The molecule has 0 saturated carbocycles. The van der Waals surface area contributed by atoms with Gasteiger partial charge in [0.1, 0.15) is 5.76 Å². The van der Waals surface area contributed by atoms with E-state index in [1.54, 1.807) is 13.3 Å². The number of nitrogens with zero attached hydrogens (tertiary/aromatic N) is 1. The second-order valence-electron chi connectivity index (χ2n) is 4.46. The highest BCUT2D eigenvalue weighted by atomic mass is 16.5. The van der Waals surface area contributed by atoms with Crippen LogP contribution in [-0.2, 0) is 17.6 Å². The van der Waals surface area contributed by atoms with Crippen LogP contribution in [0.4, 0.5) is 0 Å². The van der Waals surface area contributed by atoms with Crippen molar-refractivity contribution in [2.24, 2.45) is 0 Å². The quantitative estimate of drug-likeness (QED) is 0.720. The lowest BCUT2D eigenvalue weighted by Crippen LogP contribution is -2.25. The molecule has 0 aromatic carbocycles. The molecule has 0 aliphatic carbocycles. The monoisotopic (exact) mass is 226 g/mol. The van der Waals surface area contributed by atoms with E-state index in [0.29, 0.717) is 0 Å². The van der Waals surface area contributed by atoms with E-state index in [2.05, 4.69) is 17.2 Å². The van der Waals surface area contributed by atoms with Crippen LogP contribution in [-0.4, -0.2) is 30.8 Å². The lowest BCUT2D eigenvalue weighted by atomic mass is 10.0. The molecule has 4 heteroatoms. The molecule has 0 unspecified atom stereocenters. The average molecular weight is 226 g/mol. The molecule has 0 amide bonds. The first-order valence-corrected chi connectivity index (χ1v) is 5.77. The number of ether oxygens (including phenoxy) is 1. The summed E-state index contributed by atoms with van der Waals surface area (Å²) in [5.74, 6) is 1.68. The summed E-state index contributed by atoms with van der Waals surface area (Å²) >= 11 is 0. The van der Waals surface area contributed by atoms with Crippen LogP contribution < -0.4 is 5.32 Å². The highest BCUT2D eigenvalue weighted by Gasteiger charge is 2.19. The van der Waals surface area contributed by atoms with Crippen molar-refractivity contribution in [3.05, 3.63) is 17.8 Å². The Morgan fingerprint density at radius 1 is 1.50 bits per heavy atom. The summed E-state index contributed by atoms with van der Waals surface area (Å²) in [7, 11) is 1.71. The molecule has 1 aromatic rings. The van der Waals surface area contributed by atoms with E-state index in [9.17, 15) is 0 Å². The van der Waals surface area contributed by atoms with Crippen molar-refractivity contribution in [2.75, 3.05) is 20.2 Å². The topological polar surface area (TPSA) is 47.3 Å². The van der Waals surface area contributed by atoms with Crippen molar-refractivity contribution < 1.29 is 9.15 Å². The Balaban J connectivity index is 2.45. The summed E-state index contributed by atoms with van der Waals surface area (Å²) < 4.78 is 11.0. The highest BCUT2D eigenvalue weighted by molar-refractivity contribution is 4.98. The molecule has 0 aliphatic heterocycles. The third-order valence-corrected chi connectivity index (χ3v) is 2.52. The number of likely N-dealkylation sites (N-methyl/N-ethyl adjacent to an activating group) is 1. The maximum Gasteiger partial charge on any atom is 0.195 e. The van der Waals surface area contributed by atoms with Gasteiger partial charge in [-0.2, -0.15) is 0 Å². The Labute approximate surface area is 97.4 Å².